The van der Waals surface area contributed by atoms with Gasteiger partial charge in [0.25, 0.3) is 5.91 Å². The van der Waals surface area contributed by atoms with Crippen LogP contribution in [-0.2, 0) is 11.0 Å². The number of rotatable bonds is 5. The molecule has 0 saturated heterocycles. The maximum Gasteiger partial charge on any atom is 0.434 e. The number of benzene rings is 1. The van der Waals surface area contributed by atoms with Crippen molar-refractivity contribution in [1.82, 2.24) is 10.0 Å². The van der Waals surface area contributed by atoms with E-state index in [2.05, 4.69) is 9.82 Å². The molecule has 2 rings (SSSR count). The molecule has 0 N–H and O–H groups in total. The molecular weight excluding hydrogens is 341 g/mol. The third-order valence-corrected chi connectivity index (χ3v) is 3.17. The Hall–Kier alpha value is -2.94. The van der Waals surface area contributed by atoms with Gasteiger partial charge in [-0.15, -0.1) is 0 Å². The van der Waals surface area contributed by atoms with Gasteiger partial charge in [-0.05, 0) is 30.3 Å². The second-order valence-electron chi connectivity index (χ2n) is 4.82. The van der Waals surface area contributed by atoms with E-state index >= 15 is 0 Å². The zero-order chi connectivity index (χ0) is 18.6. The Balaban J connectivity index is 2.37. The Morgan fingerprint density at radius 1 is 1.16 bits per heavy atom. The van der Waals surface area contributed by atoms with Gasteiger partial charge in [0.2, 0.25) is 5.88 Å². The van der Waals surface area contributed by atoms with Gasteiger partial charge in [0.15, 0.2) is 5.69 Å². The average Bonchev–Trinajstić information content (AvgIpc) is 2.60. The van der Waals surface area contributed by atoms with Crippen LogP contribution >= 0.6 is 0 Å². The molecule has 6 nitrogen and oxygen atoms in total. The number of hydrogen-bond donors (Lipinski definition) is 0. The molecule has 9 heteroatoms. The molecule has 0 spiro atoms. The fourth-order valence-electron chi connectivity index (χ4n) is 1.87. The first-order valence-electron chi connectivity index (χ1n) is 6.89. The maximum absolute atomic E-state index is 13.2. The van der Waals surface area contributed by atoms with Gasteiger partial charge in [0.1, 0.15) is 12.0 Å². The van der Waals surface area contributed by atoms with Gasteiger partial charge in [0.05, 0.1) is 12.7 Å². The minimum atomic E-state index is -4.86. The second-order valence-corrected chi connectivity index (χ2v) is 4.82. The van der Waals surface area contributed by atoms with Crippen molar-refractivity contribution in [3.05, 3.63) is 53.2 Å². The fraction of sp³-hybridized carbons (Fsp3) is 0.188. The Morgan fingerprint density at radius 3 is 2.32 bits per heavy atom. The van der Waals surface area contributed by atoms with E-state index < -0.39 is 23.3 Å². The number of amides is 1. The molecule has 0 saturated carbocycles. The van der Waals surface area contributed by atoms with Gasteiger partial charge >= 0.3 is 6.18 Å². The SMILES string of the molecule is CON(C)C(=O)c1ccc(Oc2ccc(C=O)cc2)nc1C(F)(F)F. The number of hydrogen-bond acceptors (Lipinski definition) is 5. The van der Waals surface area contributed by atoms with Crippen LogP contribution in [-0.4, -0.2) is 36.4 Å². The number of pyridine rings is 1. The van der Waals surface area contributed by atoms with Crippen LogP contribution in [0.4, 0.5) is 13.2 Å². The summed E-state index contributed by atoms with van der Waals surface area (Å²) < 4.78 is 44.9. The lowest BCUT2D eigenvalue weighted by atomic mass is 10.1. The van der Waals surface area contributed by atoms with E-state index in [0.29, 0.717) is 16.9 Å². The number of alkyl halides is 3. The largest absolute Gasteiger partial charge is 0.439 e. The molecule has 0 aliphatic heterocycles. The lowest BCUT2D eigenvalue weighted by Gasteiger charge is -2.17. The molecule has 0 bridgehead atoms. The molecule has 1 heterocycles. The number of aromatic nitrogens is 1. The van der Waals surface area contributed by atoms with Gasteiger partial charge in [0, 0.05) is 18.7 Å². The highest BCUT2D eigenvalue weighted by Gasteiger charge is 2.38. The maximum atomic E-state index is 13.2. The van der Waals surface area contributed by atoms with Crippen molar-refractivity contribution < 1.29 is 32.3 Å². The second kappa shape index (κ2) is 7.31. The third-order valence-electron chi connectivity index (χ3n) is 3.17. The Bertz CT molecular complexity index is 776. The minimum absolute atomic E-state index is 0.194. The molecule has 1 aromatic carbocycles. The van der Waals surface area contributed by atoms with E-state index in [1.54, 1.807) is 0 Å². The monoisotopic (exact) mass is 354 g/mol. The van der Waals surface area contributed by atoms with Crippen molar-refractivity contribution in [2.75, 3.05) is 14.2 Å². The molecule has 0 aliphatic carbocycles. The molecule has 0 aliphatic rings. The zero-order valence-corrected chi connectivity index (χ0v) is 13.2. The molecule has 1 amide bonds. The summed E-state index contributed by atoms with van der Waals surface area (Å²) in [5.41, 5.74) is -1.66. The summed E-state index contributed by atoms with van der Waals surface area (Å²) >= 11 is 0. The lowest BCUT2D eigenvalue weighted by molar-refractivity contribution is -0.142. The van der Waals surface area contributed by atoms with Crippen molar-refractivity contribution in [2.24, 2.45) is 0 Å². The van der Waals surface area contributed by atoms with Crippen molar-refractivity contribution in [2.45, 2.75) is 6.18 Å². The van der Waals surface area contributed by atoms with Crippen LogP contribution in [0.2, 0.25) is 0 Å². The van der Waals surface area contributed by atoms with Gasteiger partial charge < -0.3 is 4.74 Å². The molecule has 0 unspecified atom stereocenters. The number of hydroxylamine groups is 2. The first kappa shape index (κ1) is 18.4. The Morgan fingerprint density at radius 2 is 1.80 bits per heavy atom. The first-order valence-corrected chi connectivity index (χ1v) is 6.89. The van der Waals surface area contributed by atoms with E-state index in [4.69, 9.17) is 4.74 Å². The highest BCUT2D eigenvalue weighted by molar-refractivity contribution is 5.94. The summed E-state index contributed by atoms with van der Waals surface area (Å²) in [6, 6.07) is 7.81. The summed E-state index contributed by atoms with van der Waals surface area (Å²) in [4.78, 5) is 30.6. The van der Waals surface area contributed by atoms with Crippen LogP contribution in [0, 0.1) is 0 Å². The lowest BCUT2D eigenvalue weighted by Crippen LogP contribution is -2.28. The van der Waals surface area contributed by atoms with E-state index in [-0.39, 0.29) is 11.6 Å². The summed E-state index contributed by atoms with van der Waals surface area (Å²) in [5, 5.41) is 0.658. The van der Waals surface area contributed by atoms with E-state index in [1.807, 2.05) is 0 Å². The molecule has 2 aromatic rings. The molecule has 132 valence electrons. The van der Waals surface area contributed by atoms with E-state index in [1.165, 1.54) is 31.3 Å². The predicted octanol–water partition coefficient (Wildman–Crippen LogP) is 3.34. The number of nitrogens with zero attached hydrogens (tertiary/aromatic N) is 2. The van der Waals surface area contributed by atoms with Gasteiger partial charge in [-0.3, -0.25) is 14.4 Å². The summed E-state index contributed by atoms with van der Waals surface area (Å²) in [7, 11) is 2.33. The Labute approximate surface area is 140 Å². The molecule has 0 fully saturated rings. The normalized spacial score (nSPS) is 11.1. The van der Waals surface area contributed by atoms with Crippen LogP contribution in [0.25, 0.3) is 0 Å². The van der Waals surface area contributed by atoms with Crippen molar-refractivity contribution in [3.8, 4) is 11.6 Å². The molecule has 0 atom stereocenters. The third kappa shape index (κ3) is 4.32. The molecule has 1 aromatic heterocycles. The fourth-order valence-corrected chi connectivity index (χ4v) is 1.87. The zero-order valence-electron chi connectivity index (χ0n) is 13.2. The van der Waals surface area contributed by atoms with Crippen molar-refractivity contribution in [1.29, 1.82) is 0 Å². The van der Waals surface area contributed by atoms with Crippen molar-refractivity contribution in [3.63, 3.8) is 0 Å². The van der Waals surface area contributed by atoms with Crippen molar-refractivity contribution >= 4 is 12.2 Å². The summed E-state index contributed by atoms with van der Waals surface area (Å²) in [6.07, 6.45) is -4.24. The summed E-state index contributed by atoms with van der Waals surface area (Å²) in [5.74, 6) is -1.15. The highest BCUT2D eigenvalue weighted by atomic mass is 19.4. The van der Waals surface area contributed by atoms with Crippen LogP contribution in [0.1, 0.15) is 26.4 Å². The predicted molar refractivity (Wildman–Crippen MR) is 80.2 cm³/mol. The number of ether oxygens (including phenoxy) is 1. The number of aldehydes is 1. The van der Waals surface area contributed by atoms with Crippen LogP contribution in [0.15, 0.2) is 36.4 Å². The standard InChI is InChI=1S/C16H13F3N2O4/c1-21(24-2)15(23)12-7-8-13(20-14(12)16(17,18)19)25-11-5-3-10(9-22)4-6-11/h3-9H,1-2H3. The first-order chi connectivity index (χ1) is 11.8. The highest BCUT2D eigenvalue weighted by Crippen LogP contribution is 2.33. The number of carbonyl (C=O) groups excluding carboxylic acids is 2. The van der Waals surface area contributed by atoms with Gasteiger partial charge in [-0.1, -0.05) is 0 Å². The van der Waals surface area contributed by atoms with Crippen LogP contribution in [0.5, 0.6) is 11.6 Å². The smallest absolute Gasteiger partial charge is 0.434 e. The quantitative estimate of drug-likeness (QED) is 0.608. The van der Waals surface area contributed by atoms with Crippen LogP contribution < -0.4 is 4.74 Å². The minimum Gasteiger partial charge on any atom is -0.439 e. The molecule has 25 heavy (non-hydrogen) atoms. The van der Waals surface area contributed by atoms with E-state index in [0.717, 1.165) is 19.2 Å². The number of halogens is 3. The van der Waals surface area contributed by atoms with E-state index in [9.17, 15) is 22.8 Å². The number of carbonyl (C=O) groups is 2. The average molecular weight is 354 g/mol. The molecule has 0 radical (unpaired) electrons. The van der Waals surface area contributed by atoms with Crippen LogP contribution in [0.3, 0.4) is 0 Å². The summed E-state index contributed by atoms with van der Waals surface area (Å²) in [6.45, 7) is 0. The Kier molecular flexibility index (Phi) is 5.38. The topological polar surface area (TPSA) is 68.7 Å². The van der Waals surface area contributed by atoms with Gasteiger partial charge in [-0.25, -0.2) is 10.0 Å². The van der Waals surface area contributed by atoms with Gasteiger partial charge in [-0.2, -0.15) is 13.2 Å². The molecular formula is C16H13F3N2O4.